The number of hydrogen-bond donors (Lipinski definition) is 2. The van der Waals surface area contributed by atoms with E-state index < -0.39 is 0 Å². The van der Waals surface area contributed by atoms with Crippen LogP contribution in [0.5, 0.6) is 0 Å². The van der Waals surface area contributed by atoms with Crippen LogP contribution in [0.25, 0.3) is 0 Å². The maximum Gasteiger partial charge on any atom is 0.250 e. The number of morpholine rings is 1. The minimum Gasteiger partial charge on any atom is -0.366 e. The highest BCUT2D eigenvalue weighted by Crippen LogP contribution is 2.28. The van der Waals surface area contributed by atoms with Gasteiger partial charge in [-0.2, -0.15) is 0 Å². The van der Waals surface area contributed by atoms with Crippen LogP contribution in [0.4, 0.5) is 0 Å². The monoisotopic (exact) mass is 212 g/mol. The van der Waals surface area contributed by atoms with Crippen LogP contribution in [0.1, 0.15) is 32.6 Å². The van der Waals surface area contributed by atoms with Gasteiger partial charge in [0.15, 0.2) is 0 Å². The Morgan fingerprint density at radius 1 is 1.47 bits per heavy atom. The van der Waals surface area contributed by atoms with Crippen molar-refractivity contribution < 1.29 is 9.53 Å². The molecule has 2 N–H and O–H groups in total. The molecular formula is C11H20N2O2. The van der Waals surface area contributed by atoms with Gasteiger partial charge in [-0.3, -0.25) is 4.79 Å². The van der Waals surface area contributed by atoms with Crippen molar-refractivity contribution in [3.8, 4) is 0 Å². The van der Waals surface area contributed by atoms with Crippen LogP contribution in [0.2, 0.25) is 0 Å². The van der Waals surface area contributed by atoms with Gasteiger partial charge >= 0.3 is 0 Å². The van der Waals surface area contributed by atoms with E-state index in [9.17, 15) is 4.79 Å². The standard InChI is InChI=1S/C11H20N2O2/c1-11(4-2-3-5-11)13-10(14)9-8-12-6-7-15-9/h9,12H,2-8H2,1H3,(H,13,14). The Bertz CT molecular complexity index is 231. The zero-order valence-corrected chi connectivity index (χ0v) is 9.34. The van der Waals surface area contributed by atoms with E-state index in [0.717, 1.165) is 19.4 Å². The van der Waals surface area contributed by atoms with Crippen molar-refractivity contribution in [1.82, 2.24) is 10.6 Å². The molecule has 0 spiro atoms. The van der Waals surface area contributed by atoms with Gasteiger partial charge in [-0.05, 0) is 19.8 Å². The van der Waals surface area contributed by atoms with Crippen LogP contribution >= 0.6 is 0 Å². The fourth-order valence-electron chi connectivity index (χ4n) is 2.39. The van der Waals surface area contributed by atoms with E-state index >= 15 is 0 Å². The summed E-state index contributed by atoms with van der Waals surface area (Å²) in [4.78, 5) is 11.9. The largest absolute Gasteiger partial charge is 0.366 e. The van der Waals surface area contributed by atoms with E-state index in [0.29, 0.717) is 13.2 Å². The summed E-state index contributed by atoms with van der Waals surface area (Å²) >= 11 is 0. The van der Waals surface area contributed by atoms with Crippen molar-refractivity contribution >= 4 is 5.91 Å². The lowest BCUT2D eigenvalue weighted by Crippen LogP contribution is -2.53. The van der Waals surface area contributed by atoms with Gasteiger partial charge in [-0.25, -0.2) is 0 Å². The molecule has 0 aromatic heterocycles. The van der Waals surface area contributed by atoms with Crippen LogP contribution in [-0.2, 0) is 9.53 Å². The summed E-state index contributed by atoms with van der Waals surface area (Å²) < 4.78 is 5.42. The van der Waals surface area contributed by atoms with E-state index in [4.69, 9.17) is 4.74 Å². The van der Waals surface area contributed by atoms with E-state index in [1.54, 1.807) is 0 Å². The maximum atomic E-state index is 11.9. The van der Waals surface area contributed by atoms with E-state index in [1.165, 1.54) is 12.8 Å². The SMILES string of the molecule is CC1(NC(=O)C2CNCCO2)CCCC1. The molecule has 15 heavy (non-hydrogen) atoms. The highest BCUT2D eigenvalue weighted by Gasteiger charge is 2.33. The van der Waals surface area contributed by atoms with Gasteiger partial charge in [-0.15, -0.1) is 0 Å². The van der Waals surface area contributed by atoms with Crippen LogP contribution in [0.15, 0.2) is 0 Å². The molecule has 1 aliphatic heterocycles. The Morgan fingerprint density at radius 3 is 2.80 bits per heavy atom. The molecule has 1 saturated heterocycles. The molecule has 4 nitrogen and oxygen atoms in total. The molecule has 1 aliphatic carbocycles. The van der Waals surface area contributed by atoms with E-state index in [1.807, 2.05) is 0 Å². The summed E-state index contributed by atoms with van der Waals surface area (Å²) in [7, 11) is 0. The lowest BCUT2D eigenvalue weighted by Gasteiger charge is -2.30. The molecule has 0 aromatic carbocycles. The maximum absolute atomic E-state index is 11.9. The second-order valence-corrected chi connectivity index (χ2v) is 4.82. The van der Waals surface area contributed by atoms with Gasteiger partial charge in [0, 0.05) is 18.6 Å². The minimum atomic E-state index is -0.295. The third-order valence-corrected chi connectivity index (χ3v) is 3.35. The molecule has 1 unspecified atom stereocenters. The first-order valence-corrected chi connectivity index (χ1v) is 5.84. The molecule has 0 bridgehead atoms. The average molecular weight is 212 g/mol. The Morgan fingerprint density at radius 2 is 2.20 bits per heavy atom. The van der Waals surface area contributed by atoms with Crippen LogP contribution in [-0.4, -0.2) is 37.2 Å². The lowest BCUT2D eigenvalue weighted by atomic mass is 10.0. The molecule has 86 valence electrons. The molecular weight excluding hydrogens is 192 g/mol. The van der Waals surface area contributed by atoms with Crippen molar-refractivity contribution in [1.29, 1.82) is 0 Å². The average Bonchev–Trinajstić information content (AvgIpc) is 2.66. The quantitative estimate of drug-likeness (QED) is 0.697. The third kappa shape index (κ3) is 2.69. The molecule has 1 heterocycles. The van der Waals surface area contributed by atoms with Gasteiger partial charge in [0.2, 0.25) is 0 Å². The van der Waals surface area contributed by atoms with Gasteiger partial charge < -0.3 is 15.4 Å². The number of rotatable bonds is 2. The number of carbonyl (C=O) groups excluding carboxylic acids is 1. The molecule has 0 radical (unpaired) electrons. The van der Waals surface area contributed by atoms with Gasteiger partial charge in [0.05, 0.1) is 6.61 Å². The summed E-state index contributed by atoms with van der Waals surface area (Å²) in [5.74, 6) is 0.0478. The Balaban J connectivity index is 1.85. The van der Waals surface area contributed by atoms with Crippen LogP contribution < -0.4 is 10.6 Å². The lowest BCUT2D eigenvalue weighted by molar-refractivity contribution is -0.136. The Labute approximate surface area is 90.8 Å². The van der Waals surface area contributed by atoms with Crippen molar-refractivity contribution in [2.45, 2.75) is 44.2 Å². The summed E-state index contributed by atoms with van der Waals surface area (Å²) in [6.45, 7) is 4.26. The topological polar surface area (TPSA) is 50.4 Å². The van der Waals surface area contributed by atoms with Crippen molar-refractivity contribution in [2.24, 2.45) is 0 Å². The van der Waals surface area contributed by atoms with Crippen molar-refractivity contribution in [2.75, 3.05) is 19.7 Å². The van der Waals surface area contributed by atoms with E-state index in [-0.39, 0.29) is 17.6 Å². The Hall–Kier alpha value is -0.610. The highest BCUT2D eigenvalue weighted by atomic mass is 16.5. The fourth-order valence-corrected chi connectivity index (χ4v) is 2.39. The molecule has 1 amide bonds. The molecule has 2 fully saturated rings. The number of hydrogen-bond acceptors (Lipinski definition) is 3. The molecule has 2 rings (SSSR count). The summed E-state index contributed by atoms with van der Waals surface area (Å²) in [5, 5.41) is 6.29. The van der Waals surface area contributed by atoms with Crippen LogP contribution in [0.3, 0.4) is 0 Å². The zero-order valence-electron chi connectivity index (χ0n) is 9.34. The highest BCUT2D eigenvalue weighted by molar-refractivity contribution is 5.81. The number of carbonyl (C=O) groups is 1. The second kappa shape index (κ2) is 4.49. The number of nitrogens with one attached hydrogen (secondary N) is 2. The minimum absolute atomic E-state index is 0.0118. The first kappa shape index (κ1) is 10.9. The number of ether oxygens (including phenoxy) is 1. The summed E-state index contributed by atoms with van der Waals surface area (Å²) in [6.07, 6.45) is 4.34. The molecule has 1 atom stereocenters. The normalized spacial score (nSPS) is 30.1. The van der Waals surface area contributed by atoms with Gasteiger partial charge in [0.25, 0.3) is 5.91 Å². The van der Waals surface area contributed by atoms with Gasteiger partial charge in [-0.1, -0.05) is 12.8 Å². The first-order chi connectivity index (χ1) is 7.20. The summed E-state index contributed by atoms with van der Waals surface area (Å²) in [6, 6.07) is 0. The van der Waals surface area contributed by atoms with Crippen LogP contribution in [0, 0.1) is 0 Å². The van der Waals surface area contributed by atoms with Gasteiger partial charge in [0.1, 0.15) is 6.10 Å². The predicted molar refractivity (Wildman–Crippen MR) is 57.6 cm³/mol. The van der Waals surface area contributed by atoms with E-state index in [2.05, 4.69) is 17.6 Å². The molecule has 1 saturated carbocycles. The number of amides is 1. The predicted octanol–water partition coefficient (Wildman–Crippen LogP) is 0.424. The molecule has 2 aliphatic rings. The smallest absolute Gasteiger partial charge is 0.250 e. The second-order valence-electron chi connectivity index (χ2n) is 4.82. The van der Waals surface area contributed by atoms with Crippen molar-refractivity contribution in [3.63, 3.8) is 0 Å². The fraction of sp³-hybridized carbons (Fsp3) is 0.909. The molecule has 0 aromatic rings. The third-order valence-electron chi connectivity index (χ3n) is 3.35. The summed E-state index contributed by atoms with van der Waals surface area (Å²) in [5.41, 5.74) is 0.0118. The Kier molecular flexibility index (Phi) is 3.26. The van der Waals surface area contributed by atoms with Crippen molar-refractivity contribution in [3.05, 3.63) is 0 Å². The zero-order chi connectivity index (χ0) is 10.7. The first-order valence-electron chi connectivity index (χ1n) is 5.84. The molecule has 4 heteroatoms.